The van der Waals surface area contributed by atoms with Crippen LogP contribution in [0, 0.1) is 0 Å². The van der Waals surface area contributed by atoms with Crippen molar-refractivity contribution in [2.45, 2.75) is 64.4 Å². The van der Waals surface area contributed by atoms with Crippen LogP contribution >= 0.6 is 0 Å². The maximum Gasteiger partial charge on any atom is 0.332 e. The third kappa shape index (κ3) is 6.24. The van der Waals surface area contributed by atoms with Crippen LogP contribution in [0.1, 0.15) is 27.7 Å². The lowest BCUT2D eigenvalue weighted by atomic mass is 9.96. The van der Waals surface area contributed by atoms with E-state index in [0.717, 1.165) is 13.8 Å². The number of esters is 2. The zero-order valence-corrected chi connectivity index (χ0v) is 14.8. The zero-order valence-electron chi connectivity index (χ0n) is 14.8. The Kier molecular flexibility index (Phi) is 7.93. The maximum absolute atomic E-state index is 11.5. The molecule has 1 aliphatic heterocycles. The molecule has 3 N–H and O–H groups in total. The predicted octanol–water partition coefficient (Wildman–Crippen LogP) is -1.44. The second-order valence-corrected chi connectivity index (χ2v) is 5.75. The number of rotatable bonds is 7. The molecule has 6 atom stereocenters. The minimum absolute atomic E-state index is 0.377. The van der Waals surface area contributed by atoms with Gasteiger partial charge in [-0.15, -0.1) is 0 Å². The lowest BCUT2D eigenvalue weighted by molar-refractivity contribution is -0.272. The third-order valence-corrected chi connectivity index (χ3v) is 3.50. The van der Waals surface area contributed by atoms with Crippen molar-refractivity contribution in [2.24, 2.45) is 0 Å². The first kappa shape index (κ1) is 21.8. The molecule has 0 bridgehead atoms. The minimum atomic E-state index is -1.61. The van der Waals surface area contributed by atoms with Crippen LogP contribution in [-0.4, -0.2) is 77.4 Å². The Morgan fingerprint density at radius 1 is 1.12 bits per heavy atom. The second-order valence-electron chi connectivity index (χ2n) is 5.75. The van der Waals surface area contributed by atoms with Crippen molar-refractivity contribution in [3.8, 4) is 0 Å². The Bertz CT molecular complexity index is 551. The molecule has 1 unspecified atom stereocenters. The molecule has 1 fully saturated rings. The summed E-state index contributed by atoms with van der Waals surface area (Å²) in [5, 5.41) is 21.6. The summed E-state index contributed by atoms with van der Waals surface area (Å²) in [5.74, 6) is -3.22. The number of aliphatic hydroxyl groups excluding tert-OH is 1. The Hall–Kier alpha value is -2.24. The van der Waals surface area contributed by atoms with Gasteiger partial charge in [-0.1, -0.05) is 0 Å². The third-order valence-electron chi connectivity index (χ3n) is 3.50. The van der Waals surface area contributed by atoms with Crippen molar-refractivity contribution in [3.63, 3.8) is 0 Å². The highest BCUT2D eigenvalue weighted by Gasteiger charge is 2.50. The van der Waals surface area contributed by atoms with Crippen LogP contribution < -0.4 is 5.32 Å². The van der Waals surface area contributed by atoms with Crippen molar-refractivity contribution in [1.82, 2.24) is 5.32 Å². The minimum Gasteiger partial charge on any atom is -0.479 e. The Labute approximate surface area is 149 Å². The molecule has 11 heteroatoms. The predicted molar refractivity (Wildman–Crippen MR) is 82.6 cm³/mol. The van der Waals surface area contributed by atoms with Gasteiger partial charge in [0.1, 0.15) is 24.9 Å². The molecule has 1 saturated heterocycles. The highest BCUT2D eigenvalue weighted by molar-refractivity contribution is 5.73. The fourth-order valence-electron chi connectivity index (χ4n) is 2.43. The van der Waals surface area contributed by atoms with Gasteiger partial charge in [0, 0.05) is 20.8 Å². The molecule has 148 valence electrons. The average Bonchev–Trinajstić information content (AvgIpc) is 2.50. The number of nitrogens with one attached hydrogen (secondary N) is 1. The lowest BCUT2D eigenvalue weighted by Crippen LogP contribution is -2.66. The van der Waals surface area contributed by atoms with E-state index in [4.69, 9.17) is 24.1 Å². The number of carbonyl (C=O) groups is 4. The van der Waals surface area contributed by atoms with Crippen LogP contribution in [0.3, 0.4) is 0 Å². The van der Waals surface area contributed by atoms with E-state index in [0.29, 0.717) is 0 Å². The largest absolute Gasteiger partial charge is 0.479 e. The summed E-state index contributed by atoms with van der Waals surface area (Å²) in [6.45, 7) is 4.30. The molecule has 1 amide bonds. The normalized spacial score (nSPS) is 29.3. The number of aliphatic hydroxyl groups is 1. The number of ether oxygens (including phenoxy) is 4. The summed E-state index contributed by atoms with van der Waals surface area (Å²) >= 11 is 0. The van der Waals surface area contributed by atoms with Gasteiger partial charge in [0.05, 0.1) is 0 Å². The van der Waals surface area contributed by atoms with Gasteiger partial charge in [-0.2, -0.15) is 0 Å². The summed E-state index contributed by atoms with van der Waals surface area (Å²) in [5.41, 5.74) is 0. The quantitative estimate of drug-likeness (QED) is 0.449. The molecule has 0 saturated carbocycles. The van der Waals surface area contributed by atoms with Crippen LogP contribution in [0.25, 0.3) is 0 Å². The summed E-state index contributed by atoms with van der Waals surface area (Å²) in [7, 11) is 0. The Morgan fingerprint density at radius 3 is 2.19 bits per heavy atom. The first-order valence-electron chi connectivity index (χ1n) is 7.82. The number of carboxylic acids is 1. The van der Waals surface area contributed by atoms with E-state index in [9.17, 15) is 24.3 Å². The molecule has 0 aromatic heterocycles. The summed E-state index contributed by atoms with van der Waals surface area (Å²) < 4.78 is 20.7. The summed E-state index contributed by atoms with van der Waals surface area (Å²) in [6.07, 6.45) is -6.59. The number of hydrogen-bond acceptors (Lipinski definition) is 9. The first-order valence-corrected chi connectivity index (χ1v) is 7.82. The lowest BCUT2D eigenvalue weighted by Gasteiger charge is -2.44. The molecule has 1 aliphatic rings. The topological polar surface area (TPSA) is 158 Å². The van der Waals surface area contributed by atoms with E-state index in [-0.39, 0.29) is 6.61 Å². The van der Waals surface area contributed by atoms with Crippen molar-refractivity contribution in [3.05, 3.63) is 0 Å². The number of carbonyl (C=O) groups excluding carboxylic acids is 3. The van der Waals surface area contributed by atoms with Crippen LogP contribution in [0.5, 0.6) is 0 Å². The van der Waals surface area contributed by atoms with Gasteiger partial charge in [0.25, 0.3) is 0 Å². The average molecular weight is 377 g/mol. The van der Waals surface area contributed by atoms with Crippen molar-refractivity contribution >= 4 is 23.8 Å². The fraction of sp³-hybridized carbons (Fsp3) is 0.733. The molecule has 0 aliphatic carbocycles. The molecular weight excluding hydrogens is 354 g/mol. The number of amides is 1. The number of carboxylic acid groups (broad SMARTS) is 1. The van der Waals surface area contributed by atoms with Crippen molar-refractivity contribution in [2.75, 3.05) is 6.61 Å². The van der Waals surface area contributed by atoms with Gasteiger partial charge in [-0.25, -0.2) is 4.79 Å². The van der Waals surface area contributed by atoms with Gasteiger partial charge in [-0.05, 0) is 6.92 Å². The van der Waals surface area contributed by atoms with Crippen LogP contribution in [0.15, 0.2) is 0 Å². The van der Waals surface area contributed by atoms with E-state index in [1.54, 1.807) is 0 Å². The molecule has 11 nitrogen and oxygen atoms in total. The Morgan fingerprint density at radius 2 is 1.73 bits per heavy atom. The van der Waals surface area contributed by atoms with E-state index in [2.05, 4.69) is 5.32 Å². The Balaban J connectivity index is 3.17. The molecule has 1 heterocycles. The zero-order chi connectivity index (χ0) is 20.0. The standard InChI is InChI=1S/C15H23NO10/c1-6(14(20)21)24-13-11(16-7(2)17)15(22)26-10(5-23-8(3)18)12(13)25-9(4)19/h6,10-13,15,22H,5H2,1-4H3,(H,16,17)(H,20,21)/t6?,10-,11-,12-,13-,15+/m1/s1. The highest BCUT2D eigenvalue weighted by atomic mass is 16.7. The molecule has 1 rings (SSSR count). The smallest absolute Gasteiger partial charge is 0.332 e. The first-order chi connectivity index (χ1) is 12.0. The van der Waals surface area contributed by atoms with Crippen molar-refractivity contribution in [1.29, 1.82) is 0 Å². The van der Waals surface area contributed by atoms with Gasteiger partial charge < -0.3 is 34.5 Å². The van der Waals surface area contributed by atoms with Crippen LogP contribution in [-0.2, 0) is 38.1 Å². The molecule has 0 spiro atoms. The van der Waals surface area contributed by atoms with Crippen molar-refractivity contribution < 1.29 is 48.3 Å². The molecule has 0 radical (unpaired) electrons. The fourth-order valence-corrected chi connectivity index (χ4v) is 2.43. The molecule has 26 heavy (non-hydrogen) atoms. The van der Waals surface area contributed by atoms with Gasteiger partial charge >= 0.3 is 17.9 Å². The maximum atomic E-state index is 11.5. The van der Waals surface area contributed by atoms with E-state index in [1.165, 1.54) is 13.8 Å². The van der Waals surface area contributed by atoms with E-state index < -0.39 is 60.6 Å². The molecule has 0 aromatic rings. The summed E-state index contributed by atoms with van der Waals surface area (Å²) in [6, 6.07) is -1.22. The van der Waals surface area contributed by atoms with Crippen LogP contribution in [0.4, 0.5) is 0 Å². The van der Waals surface area contributed by atoms with Crippen LogP contribution in [0.2, 0.25) is 0 Å². The number of aliphatic carboxylic acids is 1. The van der Waals surface area contributed by atoms with E-state index >= 15 is 0 Å². The van der Waals surface area contributed by atoms with Gasteiger partial charge in [0.2, 0.25) is 5.91 Å². The number of hydrogen-bond donors (Lipinski definition) is 3. The molecular formula is C15H23NO10. The van der Waals surface area contributed by atoms with Gasteiger partial charge in [-0.3, -0.25) is 14.4 Å². The second kappa shape index (κ2) is 9.46. The monoisotopic (exact) mass is 377 g/mol. The van der Waals surface area contributed by atoms with E-state index in [1.807, 2.05) is 0 Å². The highest BCUT2D eigenvalue weighted by Crippen LogP contribution is 2.27. The van der Waals surface area contributed by atoms with Gasteiger partial charge in [0.15, 0.2) is 18.5 Å². The summed E-state index contributed by atoms with van der Waals surface area (Å²) in [4.78, 5) is 45.1. The molecule has 0 aromatic carbocycles. The SMILES string of the molecule is CC(=O)N[C@@H]1[C@@H](OC(C)C(=O)O)[C@H](OC(C)=O)[C@@H](COC(C)=O)O[C@@H]1O.